The van der Waals surface area contributed by atoms with Crippen LogP contribution in [-0.2, 0) is 9.84 Å². The van der Waals surface area contributed by atoms with Crippen LogP contribution in [0.15, 0.2) is 0 Å². The van der Waals surface area contributed by atoms with E-state index in [1.807, 2.05) is 0 Å². The summed E-state index contributed by atoms with van der Waals surface area (Å²) >= 11 is 0. The Morgan fingerprint density at radius 1 is 1.06 bits per heavy atom. The Bertz CT molecular complexity index is 302. The van der Waals surface area contributed by atoms with Gasteiger partial charge in [-0.1, -0.05) is 13.8 Å². The Morgan fingerprint density at radius 2 is 1.59 bits per heavy atom. The topological polar surface area (TPSA) is 46.2 Å². The highest BCUT2D eigenvalue weighted by Crippen LogP contribution is 2.15. The summed E-state index contributed by atoms with van der Waals surface area (Å²) in [5, 5.41) is 3.29. The molecule has 0 aliphatic carbocycles. The van der Waals surface area contributed by atoms with Crippen LogP contribution in [-0.4, -0.2) is 31.5 Å². The van der Waals surface area contributed by atoms with Crippen molar-refractivity contribution in [3.05, 3.63) is 0 Å². The molecule has 17 heavy (non-hydrogen) atoms. The molecule has 4 heteroatoms. The molecule has 0 fully saturated rings. The molecular weight excluding hydrogens is 234 g/mol. The largest absolute Gasteiger partial charge is 0.313 e. The van der Waals surface area contributed by atoms with Gasteiger partial charge >= 0.3 is 0 Å². The van der Waals surface area contributed by atoms with E-state index in [4.69, 9.17) is 0 Å². The van der Waals surface area contributed by atoms with Crippen molar-refractivity contribution >= 4 is 9.84 Å². The maximum Gasteiger partial charge on any atom is 0.156 e. The molecule has 0 aromatic carbocycles. The average molecular weight is 263 g/mol. The first-order valence-electron chi connectivity index (χ1n) is 6.52. The predicted octanol–water partition coefficient (Wildman–Crippen LogP) is 2.61. The molecule has 0 aliphatic heterocycles. The lowest BCUT2D eigenvalue weighted by molar-refractivity contribution is 0.458. The SMILES string of the molecule is CC(C)CCC(C)NCCS(=O)(=O)C(C)(C)C. The lowest BCUT2D eigenvalue weighted by atomic mass is 10.0. The number of sulfone groups is 1. The Labute approximate surface area is 107 Å². The lowest BCUT2D eigenvalue weighted by Crippen LogP contribution is -2.37. The average Bonchev–Trinajstić information content (AvgIpc) is 2.12. The summed E-state index contributed by atoms with van der Waals surface area (Å²) in [6.45, 7) is 12.3. The van der Waals surface area contributed by atoms with E-state index in [0.717, 1.165) is 6.42 Å². The first-order chi connectivity index (χ1) is 7.56. The molecule has 0 saturated carbocycles. The van der Waals surface area contributed by atoms with Gasteiger partial charge < -0.3 is 5.32 Å². The predicted molar refractivity (Wildman–Crippen MR) is 75.1 cm³/mol. The van der Waals surface area contributed by atoms with Crippen molar-refractivity contribution in [3.63, 3.8) is 0 Å². The summed E-state index contributed by atoms with van der Waals surface area (Å²) in [6, 6.07) is 0.396. The van der Waals surface area contributed by atoms with Crippen LogP contribution in [0.25, 0.3) is 0 Å². The molecule has 1 atom stereocenters. The van der Waals surface area contributed by atoms with Crippen molar-refractivity contribution < 1.29 is 8.42 Å². The molecule has 0 rings (SSSR count). The maximum absolute atomic E-state index is 11.9. The highest BCUT2D eigenvalue weighted by Gasteiger charge is 2.28. The van der Waals surface area contributed by atoms with Crippen LogP contribution >= 0.6 is 0 Å². The molecule has 3 nitrogen and oxygen atoms in total. The summed E-state index contributed by atoms with van der Waals surface area (Å²) in [4.78, 5) is 0. The third-order valence-corrected chi connectivity index (χ3v) is 5.58. The molecule has 0 aromatic heterocycles. The van der Waals surface area contributed by atoms with E-state index >= 15 is 0 Å². The second-order valence-electron chi connectivity index (χ2n) is 6.26. The summed E-state index contributed by atoms with van der Waals surface area (Å²) < 4.78 is 23.1. The van der Waals surface area contributed by atoms with Crippen molar-refractivity contribution in [2.75, 3.05) is 12.3 Å². The van der Waals surface area contributed by atoms with E-state index in [0.29, 0.717) is 18.5 Å². The second kappa shape index (κ2) is 6.74. The standard InChI is InChI=1S/C13H29NO2S/c1-11(2)7-8-12(3)14-9-10-17(15,16)13(4,5)6/h11-12,14H,7-10H2,1-6H3. The summed E-state index contributed by atoms with van der Waals surface area (Å²) in [5.41, 5.74) is 0. The normalized spacial score (nSPS) is 15.2. The zero-order chi connectivity index (χ0) is 13.7. The van der Waals surface area contributed by atoms with Gasteiger partial charge in [0.1, 0.15) is 0 Å². The van der Waals surface area contributed by atoms with Gasteiger partial charge in [0, 0.05) is 12.6 Å². The third kappa shape index (κ3) is 7.04. The molecule has 0 amide bonds. The molecule has 0 heterocycles. The zero-order valence-electron chi connectivity index (χ0n) is 12.2. The van der Waals surface area contributed by atoms with Crippen molar-refractivity contribution in [2.24, 2.45) is 5.92 Å². The first-order valence-corrected chi connectivity index (χ1v) is 8.17. The van der Waals surface area contributed by atoms with Crippen molar-refractivity contribution in [3.8, 4) is 0 Å². The molecule has 0 spiro atoms. The minimum atomic E-state index is -2.99. The van der Waals surface area contributed by atoms with E-state index in [1.165, 1.54) is 6.42 Å². The van der Waals surface area contributed by atoms with Crippen molar-refractivity contribution in [1.29, 1.82) is 0 Å². The minimum Gasteiger partial charge on any atom is -0.313 e. The minimum absolute atomic E-state index is 0.225. The fraction of sp³-hybridized carbons (Fsp3) is 1.00. The number of hydrogen-bond donors (Lipinski definition) is 1. The Hall–Kier alpha value is -0.0900. The number of rotatable bonds is 7. The van der Waals surface area contributed by atoms with Gasteiger partial charge in [0.25, 0.3) is 0 Å². The van der Waals surface area contributed by atoms with Gasteiger partial charge in [0.2, 0.25) is 0 Å². The first kappa shape index (κ1) is 16.9. The fourth-order valence-electron chi connectivity index (χ4n) is 1.43. The third-order valence-electron chi connectivity index (χ3n) is 2.97. The monoisotopic (exact) mass is 263 g/mol. The Morgan fingerprint density at radius 3 is 2.00 bits per heavy atom. The highest BCUT2D eigenvalue weighted by molar-refractivity contribution is 7.92. The van der Waals surface area contributed by atoms with Gasteiger partial charge in [-0.2, -0.15) is 0 Å². The van der Waals surface area contributed by atoms with Crippen LogP contribution in [0.4, 0.5) is 0 Å². The maximum atomic E-state index is 11.9. The van der Waals surface area contributed by atoms with Crippen LogP contribution in [0.2, 0.25) is 0 Å². The second-order valence-corrected chi connectivity index (χ2v) is 9.12. The quantitative estimate of drug-likeness (QED) is 0.768. The van der Waals surface area contributed by atoms with Crippen LogP contribution < -0.4 is 5.32 Å². The molecule has 0 radical (unpaired) electrons. The number of hydrogen-bond acceptors (Lipinski definition) is 3. The Kier molecular flexibility index (Phi) is 6.70. The summed E-state index contributed by atoms with van der Waals surface area (Å²) in [6.07, 6.45) is 2.29. The van der Waals surface area contributed by atoms with E-state index in [1.54, 1.807) is 20.8 Å². The lowest BCUT2D eigenvalue weighted by Gasteiger charge is -2.20. The number of nitrogens with one attached hydrogen (secondary N) is 1. The highest BCUT2D eigenvalue weighted by atomic mass is 32.2. The van der Waals surface area contributed by atoms with Gasteiger partial charge in [-0.25, -0.2) is 8.42 Å². The summed E-state index contributed by atoms with van der Waals surface area (Å²) in [7, 11) is -2.99. The molecule has 1 N–H and O–H groups in total. The molecular formula is C13H29NO2S. The molecule has 1 unspecified atom stereocenters. The van der Waals surface area contributed by atoms with E-state index in [9.17, 15) is 8.42 Å². The van der Waals surface area contributed by atoms with Gasteiger partial charge in [-0.3, -0.25) is 0 Å². The van der Waals surface area contributed by atoms with Crippen LogP contribution in [0, 0.1) is 5.92 Å². The van der Waals surface area contributed by atoms with Gasteiger partial charge in [-0.15, -0.1) is 0 Å². The molecule has 104 valence electrons. The van der Waals surface area contributed by atoms with Crippen LogP contribution in [0.1, 0.15) is 54.4 Å². The Balaban J connectivity index is 3.92. The molecule has 0 bridgehead atoms. The molecule has 0 aliphatic rings. The van der Waals surface area contributed by atoms with Crippen molar-refractivity contribution in [1.82, 2.24) is 5.32 Å². The molecule has 0 aromatic rings. The van der Waals surface area contributed by atoms with Gasteiger partial charge in [0.15, 0.2) is 9.84 Å². The van der Waals surface area contributed by atoms with E-state index < -0.39 is 14.6 Å². The van der Waals surface area contributed by atoms with E-state index in [-0.39, 0.29) is 5.75 Å². The van der Waals surface area contributed by atoms with Crippen LogP contribution in [0.5, 0.6) is 0 Å². The van der Waals surface area contributed by atoms with Crippen molar-refractivity contribution in [2.45, 2.75) is 65.2 Å². The van der Waals surface area contributed by atoms with Gasteiger partial charge in [0.05, 0.1) is 10.5 Å². The smallest absolute Gasteiger partial charge is 0.156 e. The zero-order valence-corrected chi connectivity index (χ0v) is 13.0. The van der Waals surface area contributed by atoms with Gasteiger partial charge in [-0.05, 0) is 46.5 Å². The van der Waals surface area contributed by atoms with E-state index in [2.05, 4.69) is 26.1 Å². The van der Waals surface area contributed by atoms with Crippen LogP contribution in [0.3, 0.4) is 0 Å². The fourth-order valence-corrected chi connectivity index (χ4v) is 2.43. The molecule has 0 saturated heterocycles. The summed E-state index contributed by atoms with van der Waals surface area (Å²) in [5.74, 6) is 0.931.